The fourth-order valence-corrected chi connectivity index (χ4v) is 6.17. The SMILES string of the molecule is COC(=O)c1ccccc1S(=O)(=O)N1CCC(C(=O)NCc2ccc(N3CCCC3=O)cc2)CC1. The van der Waals surface area contributed by atoms with E-state index in [1.165, 1.54) is 23.5 Å². The van der Waals surface area contributed by atoms with Crippen molar-refractivity contribution >= 4 is 33.5 Å². The summed E-state index contributed by atoms with van der Waals surface area (Å²) in [7, 11) is -2.69. The smallest absolute Gasteiger partial charge is 0.339 e. The van der Waals surface area contributed by atoms with E-state index in [1.54, 1.807) is 17.0 Å². The van der Waals surface area contributed by atoms with Crippen LogP contribution in [0, 0.1) is 5.92 Å². The predicted molar refractivity (Wildman–Crippen MR) is 129 cm³/mol. The van der Waals surface area contributed by atoms with Crippen LogP contribution in [0.4, 0.5) is 5.69 Å². The van der Waals surface area contributed by atoms with Crippen molar-refractivity contribution in [2.24, 2.45) is 5.92 Å². The fourth-order valence-electron chi connectivity index (χ4n) is 4.52. The van der Waals surface area contributed by atoms with Crippen LogP contribution in [0.15, 0.2) is 53.4 Å². The third-order valence-electron chi connectivity index (χ3n) is 6.52. The average molecular weight is 500 g/mol. The molecule has 0 atom stereocenters. The molecule has 0 radical (unpaired) electrons. The van der Waals surface area contributed by atoms with Crippen molar-refractivity contribution in [3.63, 3.8) is 0 Å². The second kappa shape index (κ2) is 10.6. The van der Waals surface area contributed by atoms with Crippen molar-refractivity contribution in [3.8, 4) is 0 Å². The van der Waals surface area contributed by atoms with Crippen LogP contribution in [-0.2, 0) is 30.9 Å². The van der Waals surface area contributed by atoms with Crippen molar-refractivity contribution in [2.75, 3.05) is 31.6 Å². The first-order valence-corrected chi connectivity index (χ1v) is 13.1. The number of hydrogen-bond acceptors (Lipinski definition) is 6. The number of ether oxygens (including phenoxy) is 1. The number of nitrogens with zero attached hydrogens (tertiary/aromatic N) is 2. The molecular weight excluding hydrogens is 470 g/mol. The Bertz CT molecular complexity index is 1200. The van der Waals surface area contributed by atoms with Gasteiger partial charge in [0.05, 0.1) is 17.6 Å². The number of rotatable bonds is 7. The quantitative estimate of drug-likeness (QED) is 0.585. The van der Waals surface area contributed by atoms with Crippen molar-refractivity contribution in [1.82, 2.24) is 9.62 Å². The molecule has 2 aromatic carbocycles. The van der Waals surface area contributed by atoms with Crippen molar-refractivity contribution < 1.29 is 27.5 Å². The Morgan fingerprint density at radius 1 is 1.03 bits per heavy atom. The first kappa shape index (κ1) is 24.9. The zero-order chi connectivity index (χ0) is 25.0. The first-order valence-electron chi connectivity index (χ1n) is 11.7. The first-order chi connectivity index (χ1) is 16.8. The van der Waals surface area contributed by atoms with Gasteiger partial charge in [-0.3, -0.25) is 9.59 Å². The van der Waals surface area contributed by atoms with Crippen LogP contribution in [0.5, 0.6) is 0 Å². The molecule has 0 bridgehead atoms. The van der Waals surface area contributed by atoms with Gasteiger partial charge >= 0.3 is 5.97 Å². The number of piperidine rings is 1. The summed E-state index contributed by atoms with van der Waals surface area (Å²) in [5.74, 6) is -0.985. The number of nitrogens with one attached hydrogen (secondary N) is 1. The Morgan fingerprint density at radius 2 is 1.71 bits per heavy atom. The van der Waals surface area contributed by atoms with E-state index in [1.807, 2.05) is 24.3 Å². The van der Waals surface area contributed by atoms with E-state index in [2.05, 4.69) is 5.32 Å². The highest BCUT2D eigenvalue weighted by Gasteiger charge is 2.34. The van der Waals surface area contributed by atoms with E-state index >= 15 is 0 Å². The summed E-state index contributed by atoms with van der Waals surface area (Å²) in [6.45, 7) is 1.47. The fraction of sp³-hybridized carbons (Fsp3) is 0.400. The summed E-state index contributed by atoms with van der Waals surface area (Å²) in [6.07, 6.45) is 2.23. The Labute approximate surface area is 205 Å². The van der Waals surface area contributed by atoms with Crippen LogP contribution in [-0.4, -0.2) is 57.3 Å². The molecule has 2 aliphatic heterocycles. The summed E-state index contributed by atoms with van der Waals surface area (Å²) in [4.78, 5) is 38.3. The van der Waals surface area contributed by atoms with E-state index in [4.69, 9.17) is 4.74 Å². The minimum Gasteiger partial charge on any atom is -0.465 e. The molecular formula is C25H29N3O6S. The number of anilines is 1. The van der Waals surface area contributed by atoms with Gasteiger partial charge in [0, 0.05) is 44.2 Å². The van der Waals surface area contributed by atoms with Crippen LogP contribution < -0.4 is 10.2 Å². The molecule has 9 nitrogen and oxygen atoms in total. The lowest BCUT2D eigenvalue weighted by molar-refractivity contribution is -0.126. The van der Waals surface area contributed by atoms with Gasteiger partial charge in [0.15, 0.2) is 0 Å². The van der Waals surface area contributed by atoms with Crippen LogP contribution in [0.25, 0.3) is 0 Å². The van der Waals surface area contributed by atoms with Crippen molar-refractivity contribution in [1.29, 1.82) is 0 Å². The molecule has 0 saturated carbocycles. The number of carbonyl (C=O) groups excluding carboxylic acids is 3. The molecule has 186 valence electrons. The lowest BCUT2D eigenvalue weighted by Gasteiger charge is -2.31. The summed E-state index contributed by atoms with van der Waals surface area (Å²) in [5.41, 5.74) is 1.79. The van der Waals surface area contributed by atoms with Gasteiger partial charge in [-0.1, -0.05) is 24.3 Å². The Balaban J connectivity index is 1.31. The molecule has 1 N–H and O–H groups in total. The molecule has 0 aromatic heterocycles. The van der Waals surface area contributed by atoms with Crippen molar-refractivity contribution in [2.45, 2.75) is 37.1 Å². The molecule has 4 rings (SSSR count). The monoisotopic (exact) mass is 499 g/mol. The maximum Gasteiger partial charge on any atom is 0.339 e. The standard InChI is InChI=1S/C25H29N3O6S/c1-34-25(31)21-5-2-3-6-22(21)35(32,33)27-15-12-19(13-16-27)24(30)26-17-18-8-10-20(11-9-18)28-14-4-7-23(28)29/h2-3,5-6,8-11,19H,4,7,12-17H2,1H3,(H,26,30). The molecule has 2 saturated heterocycles. The minimum atomic E-state index is -3.89. The average Bonchev–Trinajstić information content (AvgIpc) is 3.32. The number of amides is 2. The van der Waals surface area contributed by atoms with E-state index in [9.17, 15) is 22.8 Å². The predicted octanol–water partition coefficient (Wildman–Crippen LogP) is 2.32. The van der Waals surface area contributed by atoms with Crippen LogP contribution in [0.1, 0.15) is 41.6 Å². The van der Waals surface area contributed by atoms with Gasteiger partial charge in [0.2, 0.25) is 21.8 Å². The lowest BCUT2D eigenvalue weighted by atomic mass is 9.97. The second-order valence-corrected chi connectivity index (χ2v) is 10.6. The molecule has 0 aliphatic carbocycles. The summed E-state index contributed by atoms with van der Waals surface area (Å²) >= 11 is 0. The minimum absolute atomic E-state index is 0.00465. The van der Waals surface area contributed by atoms with E-state index in [0.29, 0.717) is 25.8 Å². The molecule has 2 heterocycles. The lowest BCUT2D eigenvalue weighted by Crippen LogP contribution is -2.43. The Morgan fingerprint density at radius 3 is 2.34 bits per heavy atom. The maximum atomic E-state index is 13.2. The zero-order valence-electron chi connectivity index (χ0n) is 19.6. The number of methoxy groups -OCH3 is 1. The summed E-state index contributed by atoms with van der Waals surface area (Å²) < 4.78 is 32.3. The van der Waals surface area contributed by atoms with Gasteiger partial charge in [-0.25, -0.2) is 13.2 Å². The Kier molecular flexibility index (Phi) is 7.51. The van der Waals surface area contributed by atoms with Gasteiger partial charge in [0.1, 0.15) is 0 Å². The molecule has 10 heteroatoms. The summed E-state index contributed by atoms with van der Waals surface area (Å²) in [6, 6.07) is 13.5. The largest absolute Gasteiger partial charge is 0.465 e. The molecule has 2 fully saturated rings. The maximum absolute atomic E-state index is 13.2. The molecule has 2 aliphatic rings. The highest BCUT2D eigenvalue weighted by Crippen LogP contribution is 2.27. The van der Waals surface area contributed by atoms with Gasteiger partial charge in [-0.15, -0.1) is 0 Å². The van der Waals surface area contributed by atoms with Crippen LogP contribution in [0.3, 0.4) is 0 Å². The van der Waals surface area contributed by atoms with Crippen LogP contribution >= 0.6 is 0 Å². The summed E-state index contributed by atoms with van der Waals surface area (Å²) in [5, 5.41) is 2.93. The number of carbonyl (C=O) groups is 3. The molecule has 0 spiro atoms. The number of sulfonamides is 1. The van der Waals surface area contributed by atoms with E-state index in [0.717, 1.165) is 24.2 Å². The van der Waals surface area contributed by atoms with Gasteiger partial charge < -0.3 is 15.0 Å². The van der Waals surface area contributed by atoms with E-state index in [-0.39, 0.29) is 41.3 Å². The van der Waals surface area contributed by atoms with Gasteiger partial charge in [0.25, 0.3) is 0 Å². The highest BCUT2D eigenvalue weighted by molar-refractivity contribution is 7.89. The Hall–Kier alpha value is -3.24. The third kappa shape index (κ3) is 5.38. The number of hydrogen-bond donors (Lipinski definition) is 1. The normalized spacial score (nSPS) is 17.4. The van der Waals surface area contributed by atoms with Gasteiger partial charge in [-0.2, -0.15) is 4.31 Å². The molecule has 35 heavy (non-hydrogen) atoms. The number of esters is 1. The van der Waals surface area contributed by atoms with E-state index < -0.39 is 16.0 Å². The topological polar surface area (TPSA) is 113 Å². The second-order valence-electron chi connectivity index (χ2n) is 8.70. The third-order valence-corrected chi connectivity index (χ3v) is 8.48. The van der Waals surface area contributed by atoms with Crippen LogP contribution in [0.2, 0.25) is 0 Å². The highest BCUT2D eigenvalue weighted by atomic mass is 32.2. The van der Waals surface area contributed by atoms with Crippen molar-refractivity contribution in [3.05, 3.63) is 59.7 Å². The number of benzene rings is 2. The zero-order valence-corrected chi connectivity index (χ0v) is 20.4. The molecule has 0 unspecified atom stereocenters. The van der Waals surface area contributed by atoms with Gasteiger partial charge in [-0.05, 0) is 49.1 Å². The molecule has 2 amide bonds. The molecule has 2 aromatic rings.